The van der Waals surface area contributed by atoms with Crippen LogP contribution in [0.5, 0.6) is 0 Å². The van der Waals surface area contributed by atoms with Crippen molar-refractivity contribution in [1.82, 2.24) is 10.3 Å². The number of nitrogens with one attached hydrogen (secondary N) is 1. The predicted octanol–water partition coefficient (Wildman–Crippen LogP) is 1.59. The van der Waals surface area contributed by atoms with E-state index in [2.05, 4.69) is 10.3 Å². The molecule has 0 radical (unpaired) electrons. The SMILES string of the molecule is CNCc1nccc(Cl)c1F. The molecule has 1 aromatic rings. The lowest BCUT2D eigenvalue weighted by molar-refractivity contribution is 0.588. The van der Waals surface area contributed by atoms with E-state index in [0.717, 1.165) is 0 Å². The van der Waals surface area contributed by atoms with Crippen LogP contribution in [-0.4, -0.2) is 12.0 Å². The Balaban J connectivity index is 2.96. The molecule has 0 aromatic carbocycles. The molecule has 60 valence electrons. The Morgan fingerprint density at radius 1 is 1.73 bits per heavy atom. The molecule has 0 aliphatic rings. The molecule has 4 heteroatoms. The van der Waals surface area contributed by atoms with Crippen molar-refractivity contribution in [1.29, 1.82) is 0 Å². The van der Waals surface area contributed by atoms with E-state index in [1.165, 1.54) is 12.3 Å². The molecule has 0 aliphatic carbocycles. The smallest absolute Gasteiger partial charge is 0.164 e. The van der Waals surface area contributed by atoms with Gasteiger partial charge in [0, 0.05) is 12.7 Å². The van der Waals surface area contributed by atoms with Crippen molar-refractivity contribution in [3.05, 3.63) is 28.8 Å². The molecule has 0 spiro atoms. The van der Waals surface area contributed by atoms with Gasteiger partial charge in [0.05, 0.1) is 10.7 Å². The molecule has 0 bridgehead atoms. The Morgan fingerprint density at radius 2 is 2.45 bits per heavy atom. The van der Waals surface area contributed by atoms with Crippen LogP contribution >= 0.6 is 11.6 Å². The zero-order valence-corrected chi connectivity index (χ0v) is 6.82. The zero-order chi connectivity index (χ0) is 8.27. The van der Waals surface area contributed by atoms with Gasteiger partial charge in [0.2, 0.25) is 0 Å². The summed E-state index contributed by atoms with van der Waals surface area (Å²) < 4.78 is 13.0. The van der Waals surface area contributed by atoms with Crippen molar-refractivity contribution in [3.8, 4) is 0 Å². The van der Waals surface area contributed by atoms with Crippen LogP contribution in [0.25, 0.3) is 0 Å². The fraction of sp³-hybridized carbons (Fsp3) is 0.286. The van der Waals surface area contributed by atoms with Crippen LogP contribution in [0.2, 0.25) is 5.02 Å². The van der Waals surface area contributed by atoms with E-state index in [4.69, 9.17) is 11.6 Å². The molecule has 0 amide bonds. The number of nitrogens with zero attached hydrogens (tertiary/aromatic N) is 1. The topological polar surface area (TPSA) is 24.9 Å². The van der Waals surface area contributed by atoms with E-state index in [-0.39, 0.29) is 5.02 Å². The molecule has 2 nitrogen and oxygen atoms in total. The maximum absolute atomic E-state index is 13.0. The first-order valence-electron chi connectivity index (χ1n) is 3.19. The van der Waals surface area contributed by atoms with Gasteiger partial charge in [-0.2, -0.15) is 0 Å². The molecule has 0 atom stereocenters. The molecule has 1 N–H and O–H groups in total. The molecule has 1 aromatic heterocycles. The largest absolute Gasteiger partial charge is 0.314 e. The number of pyridine rings is 1. The number of hydrogen-bond acceptors (Lipinski definition) is 2. The molecule has 0 fully saturated rings. The van der Waals surface area contributed by atoms with Crippen LogP contribution in [0.1, 0.15) is 5.69 Å². The van der Waals surface area contributed by atoms with Gasteiger partial charge in [-0.3, -0.25) is 4.98 Å². The average molecular weight is 175 g/mol. The minimum Gasteiger partial charge on any atom is -0.314 e. The highest BCUT2D eigenvalue weighted by Gasteiger charge is 2.05. The highest BCUT2D eigenvalue weighted by atomic mass is 35.5. The second-order valence-corrected chi connectivity index (χ2v) is 2.49. The summed E-state index contributed by atoms with van der Waals surface area (Å²) in [5.41, 5.74) is 0.347. The summed E-state index contributed by atoms with van der Waals surface area (Å²) in [6.45, 7) is 0.395. The summed E-state index contributed by atoms with van der Waals surface area (Å²) in [5, 5.41) is 2.91. The lowest BCUT2D eigenvalue weighted by atomic mass is 10.3. The van der Waals surface area contributed by atoms with Crippen LogP contribution in [-0.2, 0) is 6.54 Å². The zero-order valence-electron chi connectivity index (χ0n) is 6.06. The molecule has 1 rings (SSSR count). The van der Waals surface area contributed by atoms with Crippen molar-refractivity contribution in [3.63, 3.8) is 0 Å². The van der Waals surface area contributed by atoms with Gasteiger partial charge in [0.25, 0.3) is 0 Å². The normalized spacial score (nSPS) is 10.1. The van der Waals surface area contributed by atoms with Gasteiger partial charge in [-0.25, -0.2) is 4.39 Å². The number of aromatic nitrogens is 1. The van der Waals surface area contributed by atoms with Gasteiger partial charge in [0.15, 0.2) is 5.82 Å². The standard InChI is InChI=1S/C7H8ClFN2/c1-10-4-6-7(9)5(8)2-3-11-6/h2-3,10H,4H2,1H3. The van der Waals surface area contributed by atoms with Crippen LogP contribution in [0.4, 0.5) is 4.39 Å². The summed E-state index contributed by atoms with van der Waals surface area (Å²) >= 11 is 5.51. The monoisotopic (exact) mass is 174 g/mol. The van der Waals surface area contributed by atoms with Crippen LogP contribution in [0.3, 0.4) is 0 Å². The second-order valence-electron chi connectivity index (χ2n) is 2.08. The maximum Gasteiger partial charge on any atom is 0.164 e. The van der Waals surface area contributed by atoms with Crippen molar-refractivity contribution >= 4 is 11.6 Å². The minimum atomic E-state index is -0.441. The number of rotatable bonds is 2. The summed E-state index contributed by atoms with van der Waals surface area (Å²) in [4.78, 5) is 3.81. The van der Waals surface area contributed by atoms with Crippen molar-refractivity contribution in [2.24, 2.45) is 0 Å². The summed E-state index contributed by atoms with van der Waals surface area (Å²) in [6.07, 6.45) is 1.48. The summed E-state index contributed by atoms with van der Waals surface area (Å²) in [6, 6.07) is 1.43. The van der Waals surface area contributed by atoms with Crippen LogP contribution in [0.15, 0.2) is 12.3 Å². The fourth-order valence-corrected chi connectivity index (χ4v) is 0.916. The Kier molecular flexibility index (Phi) is 2.79. The first kappa shape index (κ1) is 8.43. The summed E-state index contributed by atoms with van der Waals surface area (Å²) in [7, 11) is 1.72. The van der Waals surface area contributed by atoms with Crippen molar-refractivity contribution in [2.45, 2.75) is 6.54 Å². The molecule has 1 heterocycles. The van der Waals surface area contributed by atoms with Crippen LogP contribution < -0.4 is 5.32 Å². The lowest BCUT2D eigenvalue weighted by Crippen LogP contribution is -2.08. The van der Waals surface area contributed by atoms with E-state index < -0.39 is 5.82 Å². The van der Waals surface area contributed by atoms with E-state index in [1.807, 2.05) is 0 Å². The second kappa shape index (κ2) is 3.64. The van der Waals surface area contributed by atoms with E-state index >= 15 is 0 Å². The Labute approximate surface area is 69.4 Å². The van der Waals surface area contributed by atoms with Crippen molar-refractivity contribution in [2.75, 3.05) is 7.05 Å². The van der Waals surface area contributed by atoms with Gasteiger partial charge in [-0.15, -0.1) is 0 Å². The Bertz CT molecular complexity index is 252. The van der Waals surface area contributed by atoms with Gasteiger partial charge in [-0.05, 0) is 13.1 Å². The number of hydrogen-bond donors (Lipinski definition) is 1. The first-order chi connectivity index (χ1) is 5.25. The maximum atomic E-state index is 13.0. The first-order valence-corrected chi connectivity index (χ1v) is 3.57. The highest BCUT2D eigenvalue weighted by Crippen LogP contribution is 2.14. The third-order valence-corrected chi connectivity index (χ3v) is 1.55. The minimum absolute atomic E-state index is 0.116. The fourth-order valence-electron chi connectivity index (χ4n) is 0.751. The van der Waals surface area contributed by atoms with Gasteiger partial charge in [-0.1, -0.05) is 11.6 Å². The van der Waals surface area contributed by atoms with E-state index in [0.29, 0.717) is 12.2 Å². The molecule has 11 heavy (non-hydrogen) atoms. The van der Waals surface area contributed by atoms with Gasteiger partial charge >= 0.3 is 0 Å². The van der Waals surface area contributed by atoms with Crippen molar-refractivity contribution < 1.29 is 4.39 Å². The van der Waals surface area contributed by atoms with E-state index in [1.54, 1.807) is 7.05 Å². The van der Waals surface area contributed by atoms with Gasteiger partial charge < -0.3 is 5.32 Å². The predicted molar refractivity (Wildman–Crippen MR) is 42.0 cm³/mol. The molecular formula is C7H8ClFN2. The average Bonchev–Trinajstić information content (AvgIpc) is 1.99. The Hall–Kier alpha value is -0.670. The quantitative estimate of drug-likeness (QED) is 0.737. The lowest BCUT2D eigenvalue weighted by Gasteiger charge is -2.00. The molecule has 0 saturated heterocycles. The molecule has 0 saturated carbocycles. The van der Waals surface area contributed by atoms with Crippen LogP contribution in [0, 0.1) is 5.82 Å². The molecular weight excluding hydrogens is 167 g/mol. The molecule has 0 aliphatic heterocycles. The Morgan fingerprint density at radius 3 is 3.09 bits per heavy atom. The third kappa shape index (κ3) is 1.88. The summed E-state index contributed by atoms with van der Waals surface area (Å²) in [5.74, 6) is -0.441. The highest BCUT2D eigenvalue weighted by molar-refractivity contribution is 6.30. The molecule has 0 unspecified atom stereocenters. The number of halogens is 2. The van der Waals surface area contributed by atoms with Gasteiger partial charge in [0.1, 0.15) is 0 Å². The third-order valence-electron chi connectivity index (χ3n) is 1.26. The van der Waals surface area contributed by atoms with E-state index in [9.17, 15) is 4.39 Å².